The molecular formula is C19H27N7OSi. The number of imidazole rings is 1. The van der Waals surface area contributed by atoms with Gasteiger partial charge in [0, 0.05) is 32.6 Å². The van der Waals surface area contributed by atoms with E-state index in [0.29, 0.717) is 18.2 Å². The highest BCUT2D eigenvalue weighted by Crippen LogP contribution is 2.42. The van der Waals surface area contributed by atoms with Crippen LogP contribution in [0.4, 0.5) is 5.82 Å². The lowest BCUT2D eigenvalue weighted by Gasteiger charge is -2.18. The Bertz CT molecular complexity index is 921. The van der Waals surface area contributed by atoms with E-state index in [1.54, 1.807) is 12.7 Å². The van der Waals surface area contributed by atoms with E-state index in [2.05, 4.69) is 54.9 Å². The Morgan fingerprint density at radius 2 is 1.96 bits per heavy atom. The monoisotopic (exact) mass is 397 g/mol. The molecule has 0 aromatic carbocycles. The van der Waals surface area contributed by atoms with Crippen molar-refractivity contribution in [1.29, 1.82) is 0 Å². The zero-order chi connectivity index (χ0) is 19.6. The lowest BCUT2D eigenvalue weighted by atomic mass is 10.1. The largest absolute Gasteiger partial charge is 0.374 e. The third-order valence-electron chi connectivity index (χ3n) is 4.90. The fourth-order valence-corrected chi connectivity index (χ4v) is 3.88. The van der Waals surface area contributed by atoms with Crippen molar-refractivity contribution in [3.05, 3.63) is 36.4 Å². The van der Waals surface area contributed by atoms with Gasteiger partial charge in [0.15, 0.2) is 11.5 Å². The summed E-state index contributed by atoms with van der Waals surface area (Å²) >= 11 is 0. The molecule has 28 heavy (non-hydrogen) atoms. The van der Waals surface area contributed by atoms with Crippen molar-refractivity contribution in [1.82, 2.24) is 29.9 Å². The van der Waals surface area contributed by atoms with Gasteiger partial charge in [-0.3, -0.25) is 0 Å². The standard InChI is InChI=1S/C19H27N7OSi/c1-28(2,3)7-6-27-10-15-24-17-18(25-15)22-12-23-19(17)26-16(13-4-5-13)14-8-20-11-21-9-14/h8-9,11-13,16H,4-7,10H2,1-3H3,(H2,22,23,24,25,26). The predicted molar refractivity (Wildman–Crippen MR) is 111 cm³/mol. The lowest BCUT2D eigenvalue weighted by Crippen LogP contribution is -2.21. The first-order chi connectivity index (χ1) is 13.5. The minimum atomic E-state index is -1.09. The van der Waals surface area contributed by atoms with Gasteiger partial charge in [0.1, 0.15) is 30.6 Å². The molecule has 0 amide bonds. The Morgan fingerprint density at radius 1 is 1.18 bits per heavy atom. The summed E-state index contributed by atoms with van der Waals surface area (Å²) in [6.45, 7) is 8.26. The van der Waals surface area contributed by atoms with Gasteiger partial charge in [-0.25, -0.2) is 24.9 Å². The van der Waals surface area contributed by atoms with Crippen molar-refractivity contribution in [3.63, 3.8) is 0 Å². The van der Waals surface area contributed by atoms with E-state index in [4.69, 9.17) is 4.74 Å². The Morgan fingerprint density at radius 3 is 2.68 bits per heavy atom. The van der Waals surface area contributed by atoms with E-state index < -0.39 is 8.07 Å². The lowest BCUT2D eigenvalue weighted by molar-refractivity contribution is 0.128. The fraction of sp³-hybridized carbons (Fsp3) is 0.526. The molecule has 0 spiro atoms. The van der Waals surface area contributed by atoms with E-state index in [9.17, 15) is 0 Å². The molecule has 0 aliphatic heterocycles. The van der Waals surface area contributed by atoms with Crippen molar-refractivity contribution in [2.24, 2.45) is 5.92 Å². The number of anilines is 1. The molecule has 1 unspecified atom stereocenters. The van der Waals surface area contributed by atoms with Crippen molar-refractivity contribution < 1.29 is 4.74 Å². The summed E-state index contributed by atoms with van der Waals surface area (Å²) in [5, 5.41) is 3.56. The molecule has 0 radical (unpaired) electrons. The van der Waals surface area contributed by atoms with E-state index in [-0.39, 0.29) is 6.04 Å². The molecule has 1 atom stereocenters. The maximum atomic E-state index is 5.82. The van der Waals surface area contributed by atoms with Gasteiger partial charge in [-0.1, -0.05) is 19.6 Å². The van der Waals surface area contributed by atoms with Gasteiger partial charge in [0.05, 0.1) is 6.04 Å². The Kier molecular flexibility index (Phi) is 5.36. The first-order valence-corrected chi connectivity index (χ1v) is 13.5. The average molecular weight is 398 g/mol. The SMILES string of the molecule is C[Si](C)(C)CCOCc1nc2ncnc(NC(c3cncnc3)C3CC3)c2[nH]1. The van der Waals surface area contributed by atoms with E-state index >= 15 is 0 Å². The van der Waals surface area contributed by atoms with Crippen LogP contribution in [0.1, 0.15) is 30.3 Å². The number of aromatic amines is 1. The number of ether oxygens (including phenoxy) is 1. The molecule has 1 aliphatic rings. The van der Waals surface area contributed by atoms with Gasteiger partial charge in [-0.2, -0.15) is 0 Å². The van der Waals surface area contributed by atoms with E-state index in [0.717, 1.165) is 35.4 Å². The summed E-state index contributed by atoms with van der Waals surface area (Å²) in [5.74, 6) is 2.11. The normalized spacial score (nSPS) is 15.7. The van der Waals surface area contributed by atoms with Gasteiger partial charge in [-0.05, 0) is 24.8 Å². The van der Waals surface area contributed by atoms with Crippen LogP contribution < -0.4 is 5.32 Å². The highest BCUT2D eigenvalue weighted by atomic mass is 28.3. The van der Waals surface area contributed by atoms with Crippen LogP contribution in [-0.2, 0) is 11.3 Å². The predicted octanol–water partition coefficient (Wildman–Crippen LogP) is 3.56. The van der Waals surface area contributed by atoms with Crippen LogP contribution in [0.5, 0.6) is 0 Å². The summed E-state index contributed by atoms with van der Waals surface area (Å²) in [6, 6.07) is 1.28. The molecule has 1 aliphatic carbocycles. The second-order valence-corrected chi connectivity index (χ2v) is 14.2. The first-order valence-electron chi connectivity index (χ1n) is 9.78. The highest BCUT2D eigenvalue weighted by molar-refractivity contribution is 6.76. The Hall–Kier alpha value is -2.39. The molecule has 3 aromatic rings. The molecular weight excluding hydrogens is 370 g/mol. The molecule has 1 saturated carbocycles. The van der Waals surface area contributed by atoms with Crippen LogP contribution >= 0.6 is 0 Å². The van der Waals surface area contributed by atoms with Crippen LogP contribution in [0, 0.1) is 5.92 Å². The van der Waals surface area contributed by atoms with Crippen molar-refractivity contribution in [2.45, 2.75) is 51.2 Å². The van der Waals surface area contributed by atoms with Gasteiger partial charge >= 0.3 is 0 Å². The molecule has 1 fully saturated rings. The second-order valence-electron chi connectivity index (χ2n) is 8.60. The molecule has 0 bridgehead atoms. The molecule has 2 N–H and O–H groups in total. The number of H-pyrrole nitrogens is 1. The van der Waals surface area contributed by atoms with Crippen LogP contribution in [-0.4, -0.2) is 44.6 Å². The van der Waals surface area contributed by atoms with Crippen LogP contribution in [0.25, 0.3) is 11.2 Å². The van der Waals surface area contributed by atoms with Crippen molar-refractivity contribution in [3.8, 4) is 0 Å². The molecule has 0 saturated heterocycles. The van der Waals surface area contributed by atoms with Gasteiger partial charge in [0.2, 0.25) is 0 Å². The quantitative estimate of drug-likeness (QED) is 0.420. The number of rotatable bonds is 9. The summed E-state index contributed by atoms with van der Waals surface area (Å²) in [6.07, 6.45) is 9.23. The third-order valence-corrected chi connectivity index (χ3v) is 6.60. The number of nitrogens with one attached hydrogen (secondary N) is 2. The topological polar surface area (TPSA) is 102 Å². The Labute approximate surface area is 165 Å². The van der Waals surface area contributed by atoms with Crippen LogP contribution in [0.2, 0.25) is 25.7 Å². The number of aromatic nitrogens is 6. The molecule has 3 heterocycles. The van der Waals surface area contributed by atoms with Gasteiger partial charge in [0.25, 0.3) is 0 Å². The fourth-order valence-electron chi connectivity index (χ4n) is 3.12. The molecule has 148 valence electrons. The zero-order valence-corrected chi connectivity index (χ0v) is 17.6. The molecule has 3 aromatic heterocycles. The number of hydrogen-bond acceptors (Lipinski definition) is 7. The summed E-state index contributed by atoms with van der Waals surface area (Å²) in [7, 11) is -1.09. The van der Waals surface area contributed by atoms with Crippen molar-refractivity contribution >= 4 is 25.1 Å². The maximum Gasteiger partial charge on any atom is 0.183 e. The third kappa shape index (κ3) is 4.71. The second kappa shape index (κ2) is 7.92. The van der Waals surface area contributed by atoms with E-state index in [1.807, 2.05) is 12.4 Å². The van der Waals surface area contributed by atoms with Gasteiger partial charge < -0.3 is 15.0 Å². The molecule has 8 nitrogen and oxygen atoms in total. The average Bonchev–Trinajstić information content (AvgIpc) is 3.42. The number of nitrogens with zero attached hydrogens (tertiary/aromatic N) is 5. The molecule has 9 heteroatoms. The van der Waals surface area contributed by atoms with Gasteiger partial charge in [-0.15, -0.1) is 0 Å². The maximum absolute atomic E-state index is 5.82. The summed E-state index contributed by atoms with van der Waals surface area (Å²) in [5.41, 5.74) is 2.54. The number of hydrogen-bond donors (Lipinski definition) is 2. The number of fused-ring (bicyclic) bond motifs is 1. The van der Waals surface area contributed by atoms with E-state index in [1.165, 1.54) is 12.8 Å². The highest BCUT2D eigenvalue weighted by Gasteiger charge is 2.33. The zero-order valence-electron chi connectivity index (χ0n) is 16.6. The smallest absolute Gasteiger partial charge is 0.183 e. The first kappa shape index (κ1) is 18.9. The minimum absolute atomic E-state index is 0.138. The van der Waals surface area contributed by atoms with Crippen LogP contribution in [0.3, 0.4) is 0 Å². The summed E-state index contributed by atoms with van der Waals surface area (Å²) in [4.78, 5) is 25.0. The summed E-state index contributed by atoms with van der Waals surface area (Å²) < 4.78 is 5.82. The Balaban J connectivity index is 1.49. The van der Waals surface area contributed by atoms with Crippen LogP contribution in [0.15, 0.2) is 25.0 Å². The minimum Gasteiger partial charge on any atom is -0.374 e. The van der Waals surface area contributed by atoms with Crippen molar-refractivity contribution in [2.75, 3.05) is 11.9 Å². The molecule has 4 rings (SSSR count).